The van der Waals surface area contributed by atoms with Gasteiger partial charge in [-0.05, 0) is 48.5 Å². The number of hydrogen-bond acceptors (Lipinski definition) is 5. The monoisotopic (exact) mass is 485 g/mol. The smallest absolute Gasteiger partial charge is 0.322 e. The number of nitrogens with one attached hydrogen (secondary N) is 2. The highest BCUT2D eigenvalue weighted by Gasteiger charge is 2.36. The van der Waals surface area contributed by atoms with E-state index >= 15 is 0 Å². The Morgan fingerprint density at radius 3 is 2.35 bits per heavy atom. The van der Waals surface area contributed by atoms with Gasteiger partial charge in [-0.1, -0.05) is 11.6 Å². The molecule has 0 radical (unpaired) electrons. The van der Waals surface area contributed by atoms with Crippen molar-refractivity contribution in [1.82, 2.24) is 15.1 Å². The fourth-order valence-electron chi connectivity index (χ4n) is 4.19. The lowest BCUT2D eigenvalue weighted by Gasteiger charge is -2.38. The summed E-state index contributed by atoms with van der Waals surface area (Å²) in [4.78, 5) is 43.9. The molecule has 0 aromatic heterocycles. The molecule has 0 bridgehead atoms. The lowest BCUT2D eigenvalue weighted by atomic mass is 10.1. The third kappa shape index (κ3) is 5.53. The standard InChI is InChI=1S/C24H28ClN5O4/c1-34-20-8-6-19(7-9-20)28-12-14-29(15-13-28)22(31)16-21-23(32)26-10-11-30(21)24(33)27-18-4-2-17(25)3-5-18/h2-9,21H,10-16H2,1H3,(H,26,32)(H,27,33)/t21-/m1/s1. The summed E-state index contributed by atoms with van der Waals surface area (Å²) < 4.78 is 5.21. The number of rotatable bonds is 5. The highest BCUT2D eigenvalue weighted by Crippen LogP contribution is 2.21. The predicted octanol–water partition coefficient (Wildman–Crippen LogP) is 2.42. The first-order valence-electron chi connectivity index (χ1n) is 11.2. The molecule has 4 rings (SSSR count). The van der Waals surface area contributed by atoms with E-state index in [0.29, 0.717) is 50.0 Å². The first-order chi connectivity index (χ1) is 16.4. The molecule has 2 heterocycles. The van der Waals surface area contributed by atoms with Crippen LogP contribution < -0.4 is 20.3 Å². The van der Waals surface area contributed by atoms with Gasteiger partial charge < -0.3 is 30.1 Å². The Kier molecular flexibility index (Phi) is 7.42. The van der Waals surface area contributed by atoms with E-state index in [0.717, 1.165) is 11.4 Å². The van der Waals surface area contributed by atoms with Gasteiger partial charge in [0.25, 0.3) is 0 Å². The van der Waals surface area contributed by atoms with Crippen molar-refractivity contribution in [3.63, 3.8) is 0 Å². The molecule has 2 aliphatic heterocycles. The summed E-state index contributed by atoms with van der Waals surface area (Å²) in [7, 11) is 1.63. The fraction of sp³-hybridized carbons (Fsp3) is 0.375. The number of halogens is 1. The summed E-state index contributed by atoms with van der Waals surface area (Å²) in [6, 6.07) is 13.3. The minimum atomic E-state index is -0.854. The van der Waals surface area contributed by atoms with Gasteiger partial charge in [0.2, 0.25) is 11.8 Å². The minimum Gasteiger partial charge on any atom is -0.497 e. The van der Waals surface area contributed by atoms with E-state index in [1.165, 1.54) is 4.90 Å². The number of ether oxygens (including phenoxy) is 1. The third-order valence-corrected chi connectivity index (χ3v) is 6.38. The molecule has 1 atom stereocenters. The number of urea groups is 1. The second-order valence-corrected chi connectivity index (χ2v) is 8.64. The van der Waals surface area contributed by atoms with Crippen LogP contribution in [0.5, 0.6) is 5.75 Å². The van der Waals surface area contributed by atoms with Crippen LogP contribution in [0.25, 0.3) is 0 Å². The normalized spacial score (nSPS) is 18.4. The van der Waals surface area contributed by atoms with Crippen molar-refractivity contribution < 1.29 is 19.1 Å². The van der Waals surface area contributed by atoms with Crippen LogP contribution in [0.4, 0.5) is 16.2 Å². The van der Waals surface area contributed by atoms with Crippen LogP contribution in [-0.4, -0.2) is 80.1 Å². The maximum Gasteiger partial charge on any atom is 0.322 e. The molecule has 34 heavy (non-hydrogen) atoms. The van der Waals surface area contributed by atoms with Crippen molar-refractivity contribution in [2.75, 3.05) is 56.6 Å². The van der Waals surface area contributed by atoms with Gasteiger partial charge in [0.05, 0.1) is 13.5 Å². The van der Waals surface area contributed by atoms with Crippen molar-refractivity contribution in [3.05, 3.63) is 53.6 Å². The molecule has 2 aromatic rings. The van der Waals surface area contributed by atoms with Crippen LogP contribution >= 0.6 is 11.6 Å². The molecule has 9 nitrogen and oxygen atoms in total. The van der Waals surface area contributed by atoms with Gasteiger partial charge in [0.15, 0.2) is 0 Å². The lowest BCUT2D eigenvalue weighted by molar-refractivity contribution is -0.137. The number of nitrogens with zero attached hydrogens (tertiary/aromatic N) is 3. The van der Waals surface area contributed by atoms with Crippen LogP contribution in [0.15, 0.2) is 48.5 Å². The van der Waals surface area contributed by atoms with Crippen LogP contribution in [0, 0.1) is 0 Å². The van der Waals surface area contributed by atoms with E-state index in [2.05, 4.69) is 15.5 Å². The summed E-state index contributed by atoms with van der Waals surface area (Å²) in [6.07, 6.45) is -0.0532. The number of benzene rings is 2. The number of carbonyl (C=O) groups is 3. The Morgan fingerprint density at radius 1 is 1.03 bits per heavy atom. The van der Waals surface area contributed by atoms with Gasteiger partial charge in [0, 0.05) is 55.7 Å². The van der Waals surface area contributed by atoms with E-state index in [-0.39, 0.29) is 18.2 Å². The van der Waals surface area contributed by atoms with Gasteiger partial charge in [-0.25, -0.2) is 4.79 Å². The van der Waals surface area contributed by atoms with Gasteiger partial charge in [-0.2, -0.15) is 0 Å². The highest BCUT2D eigenvalue weighted by atomic mass is 35.5. The molecular formula is C24H28ClN5O4. The molecule has 0 unspecified atom stereocenters. The van der Waals surface area contributed by atoms with E-state index in [9.17, 15) is 14.4 Å². The van der Waals surface area contributed by atoms with E-state index in [4.69, 9.17) is 16.3 Å². The summed E-state index contributed by atoms with van der Waals surface area (Å²) in [5, 5.41) is 6.11. The maximum atomic E-state index is 13.0. The van der Waals surface area contributed by atoms with Crippen LogP contribution in [0.3, 0.4) is 0 Å². The minimum absolute atomic E-state index is 0.0532. The molecule has 4 amide bonds. The topological polar surface area (TPSA) is 94.2 Å². The largest absolute Gasteiger partial charge is 0.497 e. The lowest BCUT2D eigenvalue weighted by Crippen LogP contribution is -2.60. The van der Waals surface area contributed by atoms with Gasteiger partial charge in [-0.3, -0.25) is 9.59 Å². The number of amides is 4. The third-order valence-electron chi connectivity index (χ3n) is 6.13. The zero-order valence-electron chi connectivity index (χ0n) is 19.0. The van der Waals surface area contributed by atoms with Gasteiger partial charge >= 0.3 is 6.03 Å². The van der Waals surface area contributed by atoms with Gasteiger partial charge in [-0.15, -0.1) is 0 Å². The molecule has 10 heteroatoms. The average molecular weight is 486 g/mol. The first kappa shape index (κ1) is 23.7. The summed E-state index contributed by atoms with van der Waals surface area (Å²) in [6.45, 7) is 3.16. The Morgan fingerprint density at radius 2 is 1.71 bits per heavy atom. The van der Waals surface area contributed by atoms with Crippen molar-refractivity contribution in [1.29, 1.82) is 0 Å². The Hall–Kier alpha value is -3.46. The number of hydrogen-bond donors (Lipinski definition) is 2. The molecule has 2 aromatic carbocycles. The fourth-order valence-corrected chi connectivity index (χ4v) is 4.32. The SMILES string of the molecule is COc1ccc(N2CCN(C(=O)C[C@@H]3C(=O)NCCN3C(=O)Nc3ccc(Cl)cc3)CC2)cc1. The van der Waals surface area contributed by atoms with Crippen molar-refractivity contribution in [2.45, 2.75) is 12.5 Å². The van der Waals surface area contributed by atoms with Crippen molar-refractivity contribution in [2.24, 2.45) is 0 Å². The van der Waals surface area contributed by atoms with E-state index < -0.39 is 12.1 Å². The molecule has 0 aliphatic carbocycles. The number of methoxy groups -OCH3 is 1. The van der Waals surface area contributed by atoms with Gasteiger partial charge in [0.1, 0.15) is 11.8 Å². The zero-order chi connectivity index (χ0) is 24.1. The van der Waals surface area contributed by atoms with Crippen molar-refractivity contribution in [3.8, 4) is 5.75 Å². The molecule has 0 spiro atoms. The zero-order valence-corrected chi connectivity index (χ0v) is 19.8. The number of anilines is 2. The molecule has 0 saturated carbocycles. The van der Waals surface area contributed by atoms with E-state index in [1.807, 2.05) is 24.3 Å². The first-order valence-corrected chi connectivity index (χ1v) is 11.6. The molecule has 2 N–H and O–H groups in total. The predicted molar refractivity (Wildman–Crippen MR) is 130 cm³/mol. The second-order valence-electron chi connectivity index (χ2n) is 8.21. The number of piperazine rings is 2. The summed E-state index contributed by atoms with van der Waals surface area (Å²) in [5.41, 5.74) is 1.64. The molecule has 180 valence electrons. The van der Waals surface area contributed by atoms with Crippen LogP contribution in [0.2, 0.25) is 5.02 Å². The summed E-state index contributed by atoms with van der Waals surface area (Å²) >= 11 is 5.90. The molecule has 2 aliphatic rings. The number of carbonyl (C=O) groups excluding carboxylic acids is 3. The van der Waals surface area contributed by atoms with Crippen LogP contribution in [-0.2, 0) is 9.59 Å². The summed E-state index contributed by atoms with van der Waals surface area (Å²) in [5.74, 6) is 0.344. The maximum absolute atomic E-state index is 13.0. The van der Waals surface area contributed by atoms with Crippen molar-refractivity contribution >= 4 is 40.8 Å². The Bertz CT molecular complexity index is 1020. The molecule has 2 saturated heterocycles. The molecule has 2 fully saturated rings. The second kappa shape index (κ2) is 10.6. The van der Waals surface area contributed by atoms with Crippen LogP contribution in [0.1, 0.15) is 6.42 Å². The Labute approximate surface area is 203 Å². The quantitative estimate of drug-likeness (QED) is 0.678. The Balaban J connectivity index is 1.34. The molecular weight excluding hydrogens is 458 g/mol. The average Bonchev–Trinajstić information content (AvgIpc) is 2.86. The van der Waals surface area contributed by atoms with E-state index in [1.54, 1.807) is 36.3 Å². The highest BCUT2D eigenvalue weighted by molar-refractivity contribution is 6.30.